The SMILES string of the molecule is COc1ccc(OC)c(NC(=O)C(C)Sc2ccccc2F)c1. The number of rotatable bonds is 6. The van der Waals surface area contributed by atoms with Gasteiger partial charge in [0.25, 0.3) is 0 Å². The third kappa shape index (κ3) is 4.39. The largest absolute Gasteiger partial charge is 0.497 e. The van der Waals surface area contributed by atoms with Crippen molar-refractivity contribution in [2.45, 2.75) is 17.1 Å². The van der Waals surface area contributed by atoms with Crippen molar-refractivity contribution in [3.05, 3.63) is 48.3 Å². The van der Waals surface area contributed by atoms with Gasteiger partial charge in [0.1, 0.15) is 17.3 Å². The molecule has 2 aromatic carbocycles. The molecule has 1 N–H and O–H groups in total. The standard InChI is InChI=1S/C17H18FNO3S/c1-11(23-16-7-5-4-6-13(16)18)17(20)19-14-10-12(21-2)8-9-15(14)22-3/h4-11H,1-3H3,(H,19,20). The van der Waals surface area contributed by atoms with Gasteiger partial charge in [0.2, 0.25) is 5.91 Å². The minimum atomic E-state index is -0.470. The second kappa shape index (κ2) is 7.87. The number of hydrogen-bond acceptors (Lipinski definition) is 4. The van der Waals surface area contributed by atoms with Gasteiger partial charge in [-0.1, -0.05) is 12.1 Å². The minimum Gasteiger partial charge on any atom is -0.497 e. The number of methoxy groups -OCH3 is 2. The van der Waals surface area contributed by atoms with Crippen molar-refractivity contribution in [3.8, 4) is 11.5 Å². The molecule has 0 aromatic heterocycles. The van der Waals surface area contributed by atoms with Gasteiger partial charge in [-0.25, -0.2) is 4.39 Å². The van der Waals surface area contributed by atoms with E-state index in [2.05, 4.69) is 5.32 Å². The van der Waals surface area contributed by atoms with Gasteiger partial charge < -0.3 is 14.8 Å². The summed E-state index contributed by atoms with van der Waals surface area (Å²) in [7, 11) is 3.07. The maximum atomic E-state index is 13.7. The van der Waals surface area contributed by atoms with Crippen molar-refractivity contribution < 1.29 is 18.7 Å². The Bertz CT molecular complexity index is 693. The Morgan fingerprint density at radius 2 is 1.91 bits per heavy atom. The number of thioether (sulfide) groups is 1. The zero-order valence-electron chi connectivity index (χ0n) is 13.1. The lowest BCUT2D eigenvalue weighted by atomic mass is 10.2. The lowest BCUT2D eigenvalue weighted by molar-refractivity contribution is -0.115. The Kier molecular flexibility index (Phi) is 5.87. The first-order valence-electron chi connectivity index (χ1n) is 6.99. The third-order valence-electron chi connectivity index (χ3n) is 3.17. The van der Waals surface area contributed by atoms with Gasteiger partial charge in [0.15, 0.2) is 0 Å². The molecule has 1 amide bonds. The highest BCUT2D eigenvalue weighted by Crippen LogP contribution is 2.31. The van der Waals surface area contributed by atoms with Crippen LogP contribution in [0.2, 0.25) is 0 Å². The van der Waals surface area contributed by atoms with E-state index in [-0.39, 0.29) is 11.7 Å². The number of ether oxygens (including phenoxy) is 2. The fraction of sp³-hybridized carbons (Fsp3) is 0.235. The lowest BCUT2D eigenvalue weighted by Gasteiger charge is -2.15. The predicted molar refractivity (Wildman–Crippen MR) is 89.9 cm³/mol. The first-order valence-corrected chi connectivity index (χ1v) is 7.87. The van der Waals surface area contributed by atoms with Crippen molar-refractivity contribution in [3.63, 3.8) is 0 Å². The molecule has 0 spiro atoms. The molecular formula is C17H18FNO3S. The van der Waals surface area contributed by atoms with Crippen molar-refractivity contribution in [2.75, 3.05) is 19.5 Å². The highest BCUT2D eigenvalue weighted by atomic mass is 32.2. The van der Waals surface area contributed by atoms with Crippen LogP contribution in [-0.2, 0) is 4.79 Å². The molecule has 0 heterocycles. The molecule has 6 heteroatoms. The molecule has 0 saturated carbocycles. The van der Waals surface area contributed by atoms with Crippen LogP contribution in [0, 0.1) is 5.82 Å². The van der Waals surface area contributed by atoms with E-state index in [1.807, 2.05) is 0 Å². The molecule has 0 radical (unpaired) electrons. The van der Waals surface area contributed by atoms with E-state index in [4.69, 9.17) is 9.47 Å². The second-order valence-corrected chi connectivity index (χ2v) is 6.13. The van der Waals surface area contributed by atoms with E-state index < -0.39 is 5.25 Å². The number of amides is 1. The molecule has 0 fully saturated rings. The third-order valence-corrected chi connectivity index (χ3v) is 4.33. The van der Waals surface area contributed by atoms with Crippen molar-refractivity contribution in [1.29, 1.82) is 0 Å². The Morgan fingerprint density at radius 3 is 2.57 bits per heavy atom. The van der Waals surface area contributed by atoms with Crippen LogP contribution >= 0.6 is 11.8 Å². The van der Waals surface area contributed by atoms with E-state index in [1.165, 1.54) is 13.2 Å². The zero-order valence-corrected chi connectivity index (χ0v) is 13.9. The van der Waals surface area contributed by atoms with Crippen molar-refractivity contribution in [2.24, 2.45) is 0 Å². The summed E-state index contributed by atoms with van der Waals surface area (Å²) in [5.41, 5.74) is 0.512. The number of nitrogens with one attached hydrogen (secondary N) is 1. The van der Waals surface area contributed by atoms with Crippen LogP contribution in [-0.4, -0.2) is 25.4 Å². The van der Waals surface area contributed by atoms with Crippen LogP contribution in [0.1, 0.15) is 6.92 Å². The van der Waals surface area contributed by atoms with Gasteiger partial charge in [-0.3, -0.25) is 4.79 Å². The van der Waals surface area contributed by atoms with E-state index in [9.17, 15) is 9.18 Å². The Balaban J connectivity index is 2.10. The molecule has 0 saturated heterocycles. The molecule has 122 valence electrons. The maximum Gasteiger partial charge on any atom is 0.237 e. The fourth-order valence-electron chi connectivity index (χ4n) is 1.93. The van der Waals surface area contributed by atoms with Crippen LogP contribution in [0.3, 0.4) is 0 Å². The maximum absolute atomic E-state index is 13.7. The van der Waals surface area contributed by atoms with Gasteiger partial charge in [-0.2, -0.15) is 0 Å². The number of halogens is 1. The van der Waals surface area contributed by atoms with Gasteiger partial charge in [0.05, 0.1) is 25.2 Å². The van der Waals surface area contributed by atoms with Gasteiger partial charge >= 0.3 is 0 Å². The average molecular weight is 335 g/mol. The predicted octanol–water partition coefficient (Wildman–Crippen LogP) is 3.96. The normalized spacial score (nSPS) is 11.7. The average Bonchev–Trinajstić information content (AvgIpc) is 2.56. The van der Waals surface area contributed by atoms with E-state index >= 15 is 0 Å². The van der Waals surface area contributed by atoms with Crippen LogP contribution in [0.25, 0.3) is 0 Å². The van der Waals surface area contributed by atoms with Gasteiger partial charge in [-0.05, 0) is 31.2 Å². The fourth-order valence-corrected chi connectivity index (χ4v) is 2.82. The first kappa shape index (κ1) is 17.1. The molecule has 2 aromatic rings. The van der Waals surface area contributed by atoms with Crippen molar-refractivity contribution in [1.82, 2.24) is 0 Å². The van der Waals surface area contributed by atoms with E-state index in [0.29, 0.717) is 22.1 Å². The Hall–Kier alpha value is -2.21. The van der Waals surface area contributed by atoms with Crippen LogP contribution in [0.5, 0.6) is 11.5 Å². The minimum absolute atomic E-state index is 0.246. The molecule has 2 rings (SSSR count). The number of carbonyl (C=O) groups excluding carboxylic acids is 1. The molecule has 0 aliphatic heterocycles. The quantitative estimate of drug-likeness (QED) is 0.812. The summed E-state index contributed by atoms with van der Waals surface area (Å²) in [6.07, 6.45) is 0. The number of hydrogen-bond donors (Lipinski definition) is 1. The highest BCUT2D eigenvalue weighted by Gasteiger charge is 2.18. The van der Waals surface area contributed by atoms with E-state index in [0.717, 1.165) is 11.8 Å². The van der Waals surface area contributed by atoms with Crippen molar-refractivity contribution >= 4 is 23.4 Å². The Labute approximate surface area is 139 Å². The summed E-state index contributed by atoms with van der Waals surface area (Å²) in [6.45, 7) is 1.72. The summed E-state index contributed by atoms with van der Waals surface area (Å²) in [5.74, 6) is 0.554. The summed E-state index contributed by atoms with van der Waals surface area (Å²) in [4.78, 5) is 12.8. The molecule has 0 aliphatic carbocycles. The summed E-state index contributed by atoms with van der Waals surface area (Å²) < 4.78 is 24.0. The molecular weight excluding hydrogens is 317 g/mol. The molecule has 1 unspecified atom stereocenters. The van der Waals surface area contributed by atoms with Gasteiger partial charge in [0, 0.05) is 11.0 Å². The molecule has 4 nitrogen and oxygen atoms in total. The lowest BCUT2D eigenvalue weighted by Crippen LogP contribution is -2.22. The Morgan fingerprint density at radius 1 is 1.17 bits per heavy atom. The molecule has 0 aliphatic rings. The summed E-state index contributed by atoms with van der Waals surface area (Å²) in [6, 6.07) is 11.5. The molecule has 1 atom stereocenters. The van der Waals surface area contributed by atoms with E-state index in [1.54, 1.807) is 50.4 Å². The number of carbonyl (C=O) groups is 1. The summed E-state index contributed by atoms with van der Waals surface area (Å²) >= 11 is 1.16. The molecule has 0 bridgehead atoms. The topological polar surface area (TPSA) is 47.6 Å². The highest BCUT2D eigenvalue weighted by molar-refractivity contribution is 8.00. The molecule has 23 heavy (non-hydrogen) atoms. The zero-order chi connectivity index (χ0) is 16.8. The monoisotopic (exact) mass is 335 g/mol. The van der Waals surface area contributed by atoms with Gasteiger partial charge in [-0.15, -0.1) is 11.8 Å². The second-order valence-electron chi connectivity index (χ2n) is 4.75. The smallest absolute Gasteiger partial charge is 0.237 e. The summed E-state index contributed by atoms with van der Waals surface area (Å²) in [5, 5.41) is 2.32. The van der Waals surface area contributed by atoms with Crippen LogP contribution in [0.15, 0.2) is 47.4 Å². The number of anilines is 1. The first-order chi connectivity index (χ1) is 11.0. The van der Waals surface area contributed by atoms with Crippen LogP contribution < -0.4 is 14.8 Å². The number of benzene rings is 2. The van der Waals surface area contributed by atoms with Crippen LogP contribution in [0.4, 0.5) is 10.1 Å².